The average Bonchev–Trinajstić information content (AvgIpc) is 2.99. The van der Waals surface area contributed by atoms with E-state index in [1.165, 1.54) is 0 Å². The van der Waals surface area contributed by atoms with Gasteiger partial charge in [-0.2, -0.15) is 5.26 Å². The normalized spacial score (nSPS) is 36.8. The van der Waals surface area contributed by atoms with Crippen molar-refractivity contribution in [2.45, 2.75) is 49.9 Å². The van der Waals surface area contributed by atoms with Crippen molar-refractivity contribution >= 4 is 34.8 Å². The van der Waals surface area contributed by atoms with Gasteiger partial charge in [0.25, 0.3) is 0 Å². The quantitative estimate of drug-likeness (QED) is 0.805. The van der Waals surface area contributed by atoms with Crippen LogP contribution in [0.25, 0.3) is 0 Å². The Labute approximate surface area is 162 Å². The van der Waals surface area contributed by atoms with Crippen molar-refractivity contribution in [3.8, 4) is 6.19 Å². The van der Waals surface area contributed by atoms with E-state index in [0.717, 1.165) is 31.4 Å². The first kappa shape index (κ1) is 16.5. The molecule has 4 fully saturated rings. The minimum absolute atomic E-state index is 0.00687. The van der Waals surface area contributed by atoms with Crippen LogP contribution in [-0.2, 0) is 4.79 Å². The molecule has 26 heavy (non-hydrogen) atoms. The van der Waals surface area contributed by atoms with E-state index in [2.05, 4.69) is 16.4 Å². The van der Waals surface area contributed by atoms with Crippen LogP contribution in [-0.4, -0.2) is 41.5 Å². The van der Waals surface area contributed by atoms with Gasteiger partial charge in [-0.3, -0.25) is 4.79 Å². The lowest BCUT2D eigenvalue weighted by Crippen LogP contribution is -2.46. The predicted octanol–water partition coefficient (Wildman–Crippen LogP) is 3.02. The minimum atomic E-state index is 0.00687. The minimum Gasteiger partial charge on any atom is -0.367 e. The first-order chi connectivity index (χ1) is 12.5. The predicted molar refractivity (Wildman–Crippen MR) is 100 cm³/mol. The third kappa shape index (κ3) is 2.54. The van der Waals surface area contributed by atoms with Crippen LogP contribution in [0.3, 0.4) is 0 Å². The molecule has 5 nitrogen and oxygen atoms in total. The molecule has 3 aliphatic heterocycles. The smallest absolute Gasteiger partial charge is 0.225 e. The molecule has 3 saturated heterocycles. The van der Waals surface area contributed by atoms with Gasteiger partial charge in [-0.15, -0.1) is 0 Å². The molecule has 3 unspecified atom stereocenters. The molecule has 1 amide bonds. The van der Waals surface area contributed by atoms with E-state index in [4.69, 9.17) is 23.2 Å². The standard InChI is InChI=1S/C19H20Cl2N4O/c20-10-3-11(21)5-13(4-10)24-8-15(14-7-18(14)24)19(26)23-16-6-12-1-2-17(16)25(12)9-22/h3-5,12,14-18H,1-2,6-8H2,(H,23,26)/t12-,14?,15?,16+,17+,18?/m0/s1. The van der Waals surface area contributed by atoms with Gasteiger partial charge in [0.15, 0.2) is 6.19 Å². The van der Waals surface area contributed by atoms with Crippen molar-refractivity contribution in [1.82, 2.24) is 10.2 Å². The van der Waals surface area contributed by atoms with Gasteiger partial charge in [0, 0.05) is 34.4 Å². The molecule has 0 spiro atoms. The van der Waals surface area contributed by atoms with Crippen LogP contribution in [0.1, 0.15) is 25.7 Å². The van der Waals surface area contributed by atoms with Gasteiger partial charge >= 0.3 is 0 Å². The lowest BCUT2D eigenvalue weighted by molar-refractivity contribution is -0.125. The highest BCUT2D eigenvalue weighted by atomic mass is 35.5. The average molecular weight is 391 g/mol. The van der Waals surface area contributed by atoms with E-state index in [9.17, 15) is 10.1 Å². The number of fused-ring (bicyclic) bond motifs is 3. The molecule has 1 N–H and O–H groups in total. The van der Waals surface area contributed by atoms with Gasteiger partial charge in [0.05, 0.1) is 18.0 Å². The molecule has 1 aliphatic carbocycles. The van der Waals surface area contributed by atoms with Crippen LogP contribution in [0.5, 0.6) is 0 Å². The molecule has 2 bridgehead atoms. The molecular formula is C19H20Cl2N4O. The summed E-state index contributed by atoms with van der Waals surface area (Å²) in [6, 6.07) is 6.61. The summed E-state index contributed by atoms with van der Waals surface area (Å²) in [5.41, 5.74) is 1.00. The fourth-order valence-corrected chi connectivity index (χ4v) is 5.86. The molecule has 1 aromatic rings. The Morgan fingerprint density at radius 3 is 2.62 bits per heavy atom. The molecule has 3 heterocycles. The fourth-order valence-electron chi connectivity index (χ4n) is 5.34. The topological polar surface area (TPSA) is 59.4 Å². The maximum Gasteiger partial charge on any atom is 0.225 e. The van der Waals surface area contributed by atoms with Crippen molar-refractivity contribution in [3.63, 3.8) is 0 Å². The van der Waals surface area contributed by atoms with Gasteiger partial charge < -0.3 is 15.1 Å². The van der Waals surface area contributed by atoms with E-state index in [1.54, 1.807) is 6.07 Å². The summed E-state index contributed by atoms with van der Waals surface area (Å²) in [6.07, 6.45) is 6.33. The molecule has 0 radical (unpaired) electrons. The van der Waals surface area contributed by atoms with Gasteiger partial charge in [-0.1, -0.05) is 23.2 Å². The van der Waals surface area contributed by atoms with Gasteiger partial charge in [-0.05, 0) is 49.8 Å². The molecule has 5 rings (SSSR count). The summed E-state index contributed by atoms with van der Waals surface area (Å²) in [4.78, 5) is 17.1. The SMILES string of the molecule is N#CN1[C@H]2CC[C@@H]1[C@H](NC(=O)C1CN(c3cc(Cl)cc(Cl)c3)C3CC13)C2. The third-order valence-electron chi connectivity index (χ3n) is 6.61. The Morgan fingerprint density at radius 1 is 1.15 bits per heavy atom. The zero-order chi connectivity index (χ0) is 18.0. The number of piperidine rings is 1. The van der Waals surface area contributed by atoms with Gasteiger partial charge in [-0.25, -0.2) is 0 Å². The number of carbonyl (C=O) groups excluding carboxylic acids is 1. The van der Waals surface area contributed by atoms with Crippen molar-refractivity contribution in [3.05, 3.63) is 28.2 Å². The summed E-state index contributed by atoms with van der Waals surface area (Å²) in [7, 11) is 0. The second-order valence-electron chi connectivity index (χ2n) is 8.01. The van der Waals surface area contributed by atoms with Crippen molar-refractivity contribution in [2.75, 3.05) is 11.4 Å². The zero-order valence-corrected chi connectivity index (χ0v) is 15.7. The Bertz CT molecular complexity index is 789. The van der Waals surface area contributed by atoms with Gasteiger partial charge in [0.1, 0.15) is 0 Å². The summed E-state index contributed by atoms with van der Waals surface area (Å²) in [5.74, 6) is 0.564. The maximum absolute atomic E-state index is 12.9. The van der Waals surface area contributed by atoms with Crippen molar-refractivity contribution in [2.24, 2.45) is 11.8 Å². The highest BCUT2D eigenvalue weighted by molar-refractivity contribution is 6.35. The molecule has 7 heteroatoms. The van der Waals surface area contributed by atoms with Crippen LogP contribution >= 0.6 is 23.2 Å². The van der Waals surface area contributed by atoms with Crippen LogP contribution in [0.15, 0.2) is 18.2 Å². The molecular weight excluding hydrogens is 371 g/mol. The summed E-state index contributed by atoms with van der Waals surface area (Å²) in [5, 5.41) is 13.8. The number of nitrogens with zero attached hydrogens (tertiary/aromatic N) is 3. The largest absolute Gasteiger partial charge is 0.367 e. The van der Waals surface area contributed by atoms with Crippen LogP contribution < -0.4 is 10.2 Å². The number of hydrogen-bond acceptors (Lipinski definition) is 4. The number of nitrogens with one attached hydrogen (secondary N) is 1. The highest BCUT2D eigenvalue weighted by Crippen LogP contribution is 2.50. The summed E-state index contributed by atoms with van der Waals surface area (Å²) in [6.45, 7) is 0.709. The van der Waals surface area contributed by atoms with Gasteiger partial charge in [0.2, 0.25) is 5.91 Å². The number of hydrogen-bond donors (Lipinski definition) is 1. The molecule has 0 aromatic heterocycles. The number of rotatable bonds is 3. The lowest BCUT2D eigenvalue weighted by Gasteiger charge is -2.26. The number of nitriles is 1. The molecule has 1 aromatic carbocycles. The third-order valence-corrected chi connectivity index (χ3v) is 7.05. The van der Waals surface area contributed by atoms with E-state index < -0.39 is 0 Å². The number of carbonyl (C=O) groups is 1. The van der Waals surface area contributed by atoms with Crippen LogP contribution in [0.2, 0.25) is 10.0 Å². The maximum atomic E-state index is 12.9. The Hall–Kier alpha value is -1.64. The molecule has 4 aliphatic rings. The molecule has 1 saturated carbocycles. The summed E-state index contributed by atoms with van der Waals surface area (Å²) < 4.78 is 0. The van der Waals surface area contributed by atoms with E-state index >= 15 is 0 Å². The second kappa shape index (κ2) is 5.94. The molecule has 6 atom stereocenters. The Kier molecular flexibility index (Phi) is 3.77. The second-order valence-corrected chi connectivity index (χ2v) is 8.88. The van der Waals surface area contributed by atoms with Crippen molar-refractivity contribution < 1.29 is 4.79 Å². The van der Waals surface area contributed by atoms with Crippen LogP contribution in [0.4, 0.5) is 5.69 Å². The van der Waals surface area contributed by atoms with Crippen molar-refractivity contribution in [1.29, 1.82) is 5.26 Å². The number of benzene rings is 1. The first-order valence-electron chi connectivity index (χ1n) is 9.26. The van der Waals surface area contributed by atoms with E-state index in [-0.39, 0.29) is 23.9 Å². The Morgan fingerprint density at radius 2 is 1.92 bits per heavy atom. The monoisotopic (exact) mass is 390 g/mol. The zero-order valence-electron chi connectivity index (χ0n) is 14.2. The van der Waals surface area contributed by atoms with E-state index in [1.807, 2.05) is 17.0 Å². The summed E-state index contributed by atoms with van der Waals surface area (Å²) >= 11 is 12.3. The number of amides is 1. The van der Waals surface area contributed by atoms with Crippen LogP contribution in [0, 0.1) is 23.3 Å². The number of halogens is 2. The first-order valence-corrected chi connectivity index (χ1v) is 10.0. The Balaban J connectivity index is 1.27. The van der Waals surface area contributed by atoms with E-state index in [0.29, 0.717) is 34.6 Å². The highest BCUT2D eigenvalue weighted by Gasteiger charge is 2.56. The fraction of sp³-hybridized carbons (Fsp3) is 0.579. The number of anilines is 1. The molecule has 136 valence electrons. The lowest BCUT2D eigenvalue weighted by atomic mass is 9.94.